The van der Waals surface area contributed by atoms with Gasteiger partial charge in [0.2, 0.25) is 17.8 Å². The molecule has 6 rings (SSSR count). The Labute approximate surface area is 243 Å². The van der Waals surface area contributed by atoms with Crippen LogP contribution in [-0.2, 0) is 30.9 Å². The molecule has 218 valence electrons. The number of hydrogen-bond acceptors (Lipinski definition) is 8. The Bertz CT molecular complexity index is 1770. The van der Waals surface area contributed by atoms with E-state index in [-0.39, 0.29) is 0 Å². The molecule has 1 aliphatic rings. The van der Waals surface area contributed by atoms with Crippen molar-refractivity contribution < 1.29 is 9.53 Å². The third-order valence-electron chi connectivity index (χ3n) is 7.59. The summed E-state index contributed by atoms with van der Waals surface area (Å²) in [5.41, 5.74) is 17.8. The van der Waals surface area contributed by atoms with Crippen LogP contribution in [0.2, 0.25) is 0 Å². The van der Waals surface area contributed by atoms with Gasteiger partial charge in [-0.3, -0.25) is 9.69 Å². The molecule has 1 fully saturated rings. The van der Waals surface area contributed by atoms with Crippen molar-refractivity contribution in [2.75, 3.05) is 37.4 Å². The van der Waals surface area contributed by atoms with Crippen LogP contribution in [0, 0.1) is 6.92 Å². The Morgan fingerprint density at radius 1 is 1.05 bits per heavy atom. The molecule has 1 amide bonds. The lowest BCUT2D eigenvalue weighted by atomic mass is 10.1. The number of primary amides is 1. The summed E-state index contributed by atoms with van der Waals surface area (Å²) in [6, 6.07) is 13.5. The molecular formula is C30H36N10O2. The van der Waals surface area contributed by atoms with Crippen molar-refractivity contribution >= 4 is 45.7 Å². The van der Waals surface area contributed by atoms with Gasteiger partial charge < -0.3 is 30.7 Å². The van der Waals surface area contributed by atoms with Gasteiger partial charge in [0.25, 0.3) is 0 Å². The number of fused-ring (bicyclic) bond motifs is 2. The zero-order valence-corrected chi connectivity index (χ0v) is 24.0. The molecule has 0 saturated carbocycles. The molecule has 4 heterocycles. The summed E-state index contributed by atoms with van der Waals surface area (Å²) in [6.07, 6.45) is 4.18. The fourth-order valence-corrected chi connectivity index (χ4v) is 5.52. The van der Waals surface area contributed by atoms with Gasteiger partial charge in [0.05, 0.1) is 41.0 Å². The number of benzene rings is 2. The second kappa shape index (κ2) is 11.7. The fraction of sp³-hybridized carbons (Fsp3) is 0.333. The average Bonchev–Trinajstić information content (AvgIpc) is 3.63. The number of carbonyl (C=O) groups is 1. The zero-order valence-electron chi connectivity index (χ0n) is 24.0. The molecule has 0 spiro atoms. The number of nitrogen functional groups attached to an aromatic ring is 1. The molecule has 12 nitrogen and oxygen atoms in total. The van der Waals surface area contributed by atoms with Gasteiger partial charge in [0.15, 0.2) is 0 Å². The highest BCUT2D eigenvalue weighted by Gasteiger charge is 2.18. The smallest absolute Gasteiger partial charge is 0.248 e. The van der Waals surface area contributed by atoms with Crippen LogP contribution >= 0.6 is 0 Å². The Morgan fingerprint density at radius 2 is 1.83 bits per heavy atom. The number of aromatic nitrogens is 6. The van der Waals surface area contributed by atoms with Gasteiger partial charge in [0.1, 0.15) is 5.82 Å². The van der Waals surface area contributed by atoms with Crippen LogP contribution in [0.25, 0.3) is 22.1 Å². The Kier molecular flexibility index (Phi) is 7.64. The molecule has 3 aromatic heterocycles. The maximum absolute atomic E-state index is 11.6. The van der Waals surface area contributed by atoms with Crippen molar-refractivity contribution in [2.24, 2.45) is 5.73 Å². The predicted octanol–water partition coefficient (Wildman–Crippen LogP) is 3.42. The van der Waals surface area contributed by atoms with Gasteiger partial charge in [-0.1, -0.05) is 24.3 Å². The number of imidazole rings is 2. The topological polar surface area (TPSA) is 147 Å². The second-order valence-electron chi connectivity index (χ2n) is 10.5. The first kappa shape index (κ1) is 27.5. The first-order chi connectivity index (χ1) is 20.4. The van der Waals surface area contributed by atoms with E-state index in [0.717, 1.165) is 73.4 Å². The maximum Gasteiger partial charge on any atom is 0.248 e. The Morgan fingerprint density at radius 3 is 2.60 bits per heavy atom. The molecule has 1 aliphatic heterocycles. The molecule has 5 N–H and O–H groups in total. The van der Waals surface area contributed by atoms with Crippen molar-refractivity contribution in [1.82, 2.24) is 33.8 Å². The van der Waals surface area contributed by atoms with Crippen molar-refractivity contribution in [3.8, 4) is 0 Å². The maximum atomic E-state index is 11.6. The van der Waals surface area contributed by atoms with E-state index in [1.807, 2.05) is 28.3 Å². The fourth-order valence-electron chi connectivity index (χ4n) is 5.52. The molecule has 0 aliphatic carbocycles. The van der Waals surface area contributed by atoms with E-state index in [9.17, 15) is 4.79 Å². The number of amides is 1. The number of ether oxygens (including phenoxy) is 1. The van der Waals surface area contributed by atoms with Gasteiger partial charge in [0, 0.05) is 50.9 Å². The summed E-state index contributed by atoms with van der Waals surface area (Å²) in [4.78, 5) is 23.4. The summed E-state index contributed by atoms with van der Waals surface area (Å²) in [5.74, 6) is 1.54. The van der Waals surface area contributed by atoms with Crippen LogP contribution in [-0.4, -0.2) is 66.0 Å². The number of nitrogens with two attached hydrogens (primary N) is 2. The number of para-hydroxylation sites is 1. The molecule has 0 bridgehead atoms. The molecule has 0 atom stereocenters. The Balaban J connectivity index is 1.32. The lowest BCUT2D eigenvalue weighted by Gasteiger charge is -2.27. The van der Waals surface area contributed by atoms with Crippen molar-refractivity contribution in [3.05, 3.63) is 71.4 Å². The lowest BCUT2D eigenvalue weighted by Crippen LogP contribution is -2.35. The molecule has 2 aromatic carbocycles. The number of anilines is 3. The van der Waals surface area contributed by atoms with Crippen molar-refractivity contribution in [3.63, 3.8) is 0 Å². The van der Waals surface area contributed by atoms with Crippen LogP contribution in [0.15, 0.2) is 54.6 Å². The van der Waals surface area contributed by atoms with E-state index in [2.05, 4.69) is 62.1 Å². The minimum Gasteiger partial charge on any atom is -0.379 e. The van der Waals surface area contributed by atoms with Gasteiger partial charge in [-0.25, -0.2) is 14.6 Å². The first-order valence-corrected chi connectivity index (χ1v) is 14.2. The number of allylic oxidation sites excluding steroid dienone is 2. The summed E-state index contributed by atoms with van der Waals surface area (Å²) < 4.78 is 11.6. The number of rotatable bonds is 10. The third-order valence-corrected chi connectivity index (χ3v) is 7.59. The molecule has 1 saturated heterocycles. The van der Waals surface area contributed by atoms with Crippen LogP contribution in [0.4, 0.5) is 17.7 Å². The van der Waals surface area contributed by atoms with E-state index >= 15 is 0 Å². The van der Waals surface area contributed by atoms with E-state index < -0.39 is 5.91 Å². The first-order valence-electron chi connectivity index (χ1n) is 14.2. The van der Waals surface area contributed by atoms with E-state index in [4.69, 9.17) is 21.2 Å². The van der Waals surface area contributed by atoms with Crippen LogP contribution in [0.3, 0.4) is 0 Å². The molecular weight excluding hydrogens is 532 g/mol. The van der Waals surface area contributed by atoms with Crippen molar-refractivity contribution in [1.29, 1.82) is 0 Å². The van der Waals surface area contributed by atoms with Gasteiger partial charge in [-0.2, -0.15) is 5.10 Å². The zero-order chi connectivity index (χ0) is 29.2. The van der Waals surface area contributed by atoms with Crippen LogP contribution in [0.1, 0.15) is 28.5 Å². The summed E-state index contributed by atoms with van der Waals surface area (Å²) in [5, 5.41) is 8.14. The number of morpholine rings is 1. The molecule has 12 heteroatoms. The number of nitrogens with zero attached hydrogens (tertiary/aromatic N) is 7. The molecule has 42 heavy (non-hydrogen) atoms. The van der Waals surface area contributed by atoms with E-state index in [1.54, 1.807) is 12.1 Å². The number of aryl methyl sites for hydroxylation is 2. The summed E-state index contributed by atoms with van der Waals surface area (Å²) in [7, 11) is 0. The number of hydrogen-bond donors (Lipinski definition) is 3. The number of nitrogens with one attached hydrogen (secondary N) is 1. The highest BCUT2D eigenvalue weighted by Crippen LogP contribution is 2.28. The SMILES string of the molecule is CCn1nc(C)cc1Nc1nc2cccc(CN3CCOCC3)c2n1C/C=C/Cn1c(N)nc2cc(C(N)=O)ccc21. The second-order valence-corrected chi connectivity index (χ2v) is 10.5. The Hall–Kier alpha value is -4.68. The summed E-state index contributed by atoms with van der Waals surface area (Å²) >= 11 is 0. The highest BCUT2D eigenvalue weighted by molar-refractivity contribution is 5.96. The molecule has 5 aromatic rings. The minimum atomic E-state index is -0.493. The largest absolute Gasteiger partial charge is 0.379 e. The van der Waals surface area contributed by atoms with Crippen molar-refractivity contribution in [2.45, 2.75) is 40.0 Å². The van der Waals surface area contributed by atoms with Gasteiger partial charge >= 0.3 is 0 Å². The average molecular weight is 569 g/mol. The lowest BCUT2D eigenvalue weighted by molar-refractivity contribution is 0.0343. The standard InChI is InChI=1S/C30H36N10O2/c1-3-40-26(17-20(2)36-40)35-30-34-23-8-6-7-22(19-37-13-15-42-16-14-37)27(23)39(30)12-5-4-11-38-25-10-9-21(28(31)41)18-24(25)33-29(38)32/h4-10,17-18H,3,11-16,19H2,1-2H3,(H2,31,41)(H2,32,33)(H,34,35)/b5-4+. The minimum absolute atomic E-state index is 0.378. The molecule has 0 unspecified atom stereocenters. The summed E-state index contributed by atoms with van der Waals surface area (Å²) in [6.45, 7) is 10.1. The monoisotopic (exact) mass is 568 g/mol. The predicted molar refractivity (Wildman–Crippen MR) is 164 cm³/mol. The number of carbonyl (C=O) groups excluding carboxylic acids is 1. The highest BCUT2D eigenvalue weighted by atomic mass is 16.5. The van der Waals surface area contributed by atoms with Gasteiger partial charge in [-0.05, 0) is 43.7 Å². The van der Waals surface area contributed by atoms with Crippen LogP contribution < -0.4 is 16.8 Å². The van der Waals surface area contributed by atoms with Crippen LogP contribution in [0.5, 0.6) is 0 Å². The third kappa shape index (κ3) is 5.46. The van der Waals surface area contributed by atoms with E-state index in [1.165, 1.54) is 5.56 Å². The quantitative estimate of drug-likeness (QED) is 0.217. The molecule has 0 radical (unpaired) electrons. The normalized spacial score (nSPS) is 14.4. The van der Waals surface area contributed by atoms with E-state index in [0.29, 0.717) is 30.1 Å². The van der Waals surface area contributed by atoms with Gasteiger partial charge in [-0.15, -0.1) is 0 Å².